The summed E-state index contributed by atoms with van der Waals surface area (Å²) in [5.41, 5.74) is 2.69. The van der Waals surface area contributed by atoms with Crippen LogP contribution < -0.4 is 8.92 Å². The van der Waals surface area contributed by atoms with Crippen LogP contribution in [0.25, 0.3) is 0 Å². The molecule has 40 heavy (non-hydrogen) atoms. The molecule has 0 radical (unpaired) electrons. The van der Waals surface area contributed by atoms with E-state index in [1.54, 1.807) is 24.0 Å². The first-order chi connectivity index (χ1) is 19.1. The van der Waals surface area contributed by atoms with E-state index in [0.717, 1.165) is 0 Å². The highest BCUT2D eigenvalue weighted by atomic mass is 35.5. The van der Waals surface area contributed by atoms with Crippen LogP contribution in [-0.4, -0.2) is 49.1 Å². The average Bonchev–Trinajstić information content (AvgIpc) is 2.90. The molecule has 0 spiro atoms. The Kier molecular flexibility index (Phi) is 7.74. The van der Waals surface area contributed by atoms with Crippen molar-refractivity contribution in [1.82, 2.24) is 4.90 Å². The van der Waals surface area contributed by atoms with E-state index in [-0.39, 0.29) is 41.1 Å². The summed E-state index contributed by atoms with van der Waals surface area (Å²) in [5, 5.41) is 10.0. The molecule has 0 amide bonds. The van der Waals surface area contributed by atoms with Gasteiger partial charge in [-0.15, -0.1) is 0 Å². The first-order valence-corrected chi connectivity index (χ1v) is 14.9. The Morgan fingerprint density at radius 3 is 2.10 bits per heavy atom. The Morgan fingerprint density at radius 2 is 1.55 bits per heavy atom. The summed E-state index contributed by atoms with van der Waals surface area (Å²) in [4.78, 5) is 40.1. The summed E-state index contributed by atoms with van der Waals surface area (Å²) < 4.78 is 37.1. The van der Waals surface area contributed by atoms with Gasteiger partial charge in [-0.3, -0.25) is 14.4 Å². The molecular formula is C29H28ClNO8S. The second kappa shape index (κ2) is 11.1. The fourth-order valence-electron chi connectivity index (χ4n) is 5.68. The summed E-state index contributed by atoms with van der Waals surface area (Å²) in [6.07, 6.45) is 2.83. The van der Waals surface area contributed by atoms with Gasteiger partial charge in [0.2, 0.25) is 0 Å². The van der Waals surface area contributed by atoms with Crippen molar-refractivity contribution in [3.8, 4) is 11.5 Å². The minimum absolute atomic E-state index is 0.0442. The summed E-state index contributed by atoms with van der Waals surface area (Å²) in [6, 6.07) is 10.3. The van der Waals surface area contributed by atoms with Crippen molar-refractivity contribution in [2.75, 3.05) is 13.2 Å². The van der Waals surface area contributed by atoms with Gasteiger partial charge in [-0.05, 0) is 74.6 Å². The molecule has 0 aromatic heterocycles. The van der Waals surface area contributed by atoms with Crippen molar-refractivity contribution in [3.63, 3.8) is 0 Å². The van der Waals surface area contributed by atoms with Crippen molar-refractivity contribution in [1.29, 1.82) is 0 Å². The van der Waals surface area contributed by atoms with Gasteiger partial charge in [0.05, 0.1) is 6.61 Å². The maximum absolute atomic E-state index is 13.4. The van der Waals surface area contributed by atoms with Gasteiger partial charge in [-0.1, -0.05) is 17.7 Å². The zero-order valence-corrected chi connectivity index (χ0v) is 23.4. The number of Topliss-reactive ketones (excluding diaryl/α,β-unsaturated/α-hetero) is 2. The van der Waals surface area contributed by atoms with E-state index in [1.165, 1.54) is 30.3 Å². The number of ketones is 2. The van der Waals surface area contributed by atoms with Gasteiger partial charge in [0.15, 0.2) is 23.1 Å². The van der Waals surface area contributed by atoms with E-state index in [4.69, 9.17) is 20.5 Å². The van der Waals surface area contributed by atoms with Gasteiger partial charge in [0.25, 0.3) is 0 Å². The second-order valence-corrected chi connectivity index (χ2v) is 11.8. The number of hydrogen-bond donors (Lipinski definition) is 1. The largest absolute Gasteiger partial charge is 0.490 e. The topological polar surface area (TPSA) is 127 Å². The number of allylic oxidation sites excluding steroid dienone is 4. The van der Waals surface area contributed by atoms with Crippen molar-refractivity contribution in [2.24, 2.45) is 0 Å². The van der Waals surface area contributed by atoms with E-state index >= 15 is 0 Å². The van der Waals surface area contributed by atoms with Gasteiger partial charge >= 0.3 is 16.1 Å². The third-order valence-corrected chi connectivity index (χ3v) is 8.78. The second-order valence-electron chi connectivity index (χ2n) is 9.82. The number of carbonyl (C=O) groups is 3. The van der Waals surface area contributed by atoms with E-state index < -0.39 is 22.0 Å². The molecule has 9 nitrogen and oxygen atoms in total. The molecule has 11 heteroatoms. The summed E-state index contributed by atoms with van der Waals surface area (Å²) in [6.45, 7) is 1.62. The highest BCUT2D eigenvalue weighted by molar-refractivity contribution is 7.87. The Bertz CT molecular complexity index is 1510. The molecule has 210 valence electrons. The van der Waals surface area contributed by atoms with Crippen molar-refractivity contribution in [3.05, 3.63) is 75.6 Å². The molecule has 1 aliphatic heterocycles. The summed E-state index contributed by atoms with van der Waals surface area (Å²) in [7, 11) is -4.21. The SMILES string of the molecule is CCOc1cc(C2C3=C(CCCC3=O)N(CC(=O)O)C3=C2C(=O)CCC3)ccc1OS(=O)(=O)c1ccc(Cl)cc1. The fraction of sp³-hybridized carbons (Fsp3) is 0.345. The van der Waals surface area contributed by atoms with Crippen LogP contribution in [0.2, 0.25) is 5.02 Å². The number of rotatable bonds is 8. The smallest absolute Gasteiger partial charge is 0.339 e. The van der Waals surface area contributed by atoms with Gasteiger partial charge in [-0.25, -0.2) is 0 Å². The zero-order chi connectivity index (χ0) is 28.6. The predicted octanol–water partition coefficient (Wildman–Crippen LogP) is 5.00. The van der Waals surface area contributed by atoms with Crippen LogP contribution in [0.1, 0.15) is 56.9 Å². The van der Waals surface area contributed by atoms with Crippen molar-refractivity contribution >= 4 is 39.3 Å². The number of nitrogens with zero attached hydrogens (tertiary/aromatic N) is 1. The third kappa shape index (κ3) is 5.25. The molecule has 5 rings (SSSR count). The summed E-state index contributed by atoms with van der Waals surface area (Å²) >= 11 is 5.89. The molecule has 3 aliphatic rings. The highest BCUT2D eigenvalue weighted by Crippen LogP contribution is 2.50. The van der Waals surface area contributed by atoms with Crippen LogP contribution in [-0.2, 0) is 24.5 Å². The van der Waals surface area contributed by atoms with E-state index in [2.05, 4.69) is 0 Å². The minimum atomic E-state index is -4.21. The number of ether oxygens (including phenoxy) is 1. The molecule has 0 saturated carbocycles. The third-order valence-electron chi connectivity index (χ3n) is 7.28. The molecule has 0 bridgehead atoms. The van der Waals surface area contributed by atoms with Crippen LogP contribution in [0.4, 0.5) is 0 Å². The number of carbonyl (C=O) groups excluding carboxylic acids is 2. The van der Waals surface area contributed by atoms with E-state index in [1.807, 2.05) is 0 Å². The lowest BCUT2D eigenvalue weighted by Gasteiger charge is -2.43. The molecule has 2 aliphatic carbocycles. The number of halogens is 1. The van der Waals surface area contributed by atoms with Gasteiger partial charge < -0.3 is 18.9 Å². The van der Waals surface area contributed by atoms with Crippen LogP contribution in [0.5, 0.6) is 11.5 Å². The Morgan fingerprint density at radius 1 is 0.950 bits per heavy atom. The Labute approximate surface area is 237 Å². The number of aliphatic carboxylic acids is 1. The zero-order valence-electron chi connectivity index (χ0n) is 21.8. The first-order valence-electron chi connectivity index (χ1n) is 13.1. The van der Waals surface area contributed by atoms with Gasteiger partial charge in [0.1, 0.15) is 11.4 Å². The van der Waals surface area contributed by atoms with Crippen LogP contribution in [0.3, 0.4) is 0 Å². The van der Waals surface area contributed by atoms with Crippen molar-refractivity contribution in [2.45, 2.75) is 56.3 Å². The first kappa shape index (κ1) is 27.9. The average molecular weight is 586 g/mol. The maximum atomic E-state index is 13.4. The fourth-order valence-corrected chi connectivity index (χ4v) is 6.75. The van der Waals surface area contributed by atoms with E-state index in [0.29, 0.717) is 71.7 Å². The van der Waals surface area contributed by atoms with E-state index in [9.17, 15) is 27.9 Å². The molecule has 0 saturated heterocycles. The normalized spacial score (nSPS) is 18.0. The maximum Gasteiger partial charge on any atom is 0.339 e. The van der Waals surface area contributed by atoms with Gasteiger partial charge in [-0.2, -0.15) is 8.42 Å². The van der Waals surface area contributed by atoms with Gasteiger partial charge in [0, 0.05) is 46.3 Å². The highest BCUT2D eigenvalue weighted by Gasteiger charge is 2.44. The minimum Gasteiger partial charge on any atom is -0.490 e. The Hall–Kier alpha value is -3.63. The predicted molar refractivity (Wildman–Crippen MR) is 146 cm³/mol. The standard InChI is InChI=1S/C29H28ClNO8S/c1-2-38-25-15-17(9-14-24(25)39-40(36,37)19-12-10-18(30)11-13-19)27-28-20(5-3-7-22(28)32)31(16-26(34)35)21-6-4-8-23(33)29(21)27/h9-15,27H,2-8,16H2,1H3,(H,34,35). The molecular weight excluding hydrogens is 558 g/mol. The molecule has 2 aromatic rings. The molecule has 0 atom stereocenters. The number of carboxylic acids is 1. The molecule has 2 aromatic carbocycles. The lowest BCUT2D eigenvalue weighted by Crippen LogP contribution is -2.41. The van der Waals surface area contributed by atoms with Crippen LogP contribution in [0, 0.1) is 0 Å². The lowest BCUT2D eigenvalue weighted by molar-refractivity contribution is -0.138. The van der Waals surface area contributed by atoms with Crippen molar-refractivity contribution < 1.29 is 36.8 Å². The Balaban J connectivity index is 1.62. The molecule has 1 N–H and O–H groups in total. The number of hydrogen-bond acceptors (Lipinski definition) is 8. The molecule has 0 fully saturated rings. The molecule has 0 unspecified atom stereocenters. The summed E-state index contributed by atoms with van der Waals surface area (Å²) in [5.74, 6) is -1.92. The monoisotopic (exact) mass is 585 g/mol. The number of benzene rings is 2. The molecule has 1 heterocycles. The van der Waals surface area contributed by atoms with Crippen LogP contribution in [0.15, 0.2) is 69.9 Å². The number of carboxylic acid groups (broad SMARTS) is 1. The van der Waals surface area contributed by atoms with Crippen LogP contribution >= 0.6 is 11.6 Å². The lowest BCUT2D eigenvalue weighted by atomic mass is 9.71. The quantitative estimate of drug-likeness (QED) is 0.425.